The molecule has 0 aliphatic heterocycles. The van der Waals surface area contributed by atoms with E-state index in [4.69, 9.17) is 0 Å². The van der Waals surface area contributed by atoms with Gasteiger partial charge in [0.05, 0.1) is 25.1 Å². The molecule has 11 heteroatoms. The van der Waals surface area contributed by atoms with Gasteiger partial charge in [-0.25, -0.2) is 12.8 Å². The fraction of sp³-hybridized carbons (Fsp3) is 0.0556. The van der Waals surface area contributed by atoms with Crippen LogP contribution < -0.4 is 4.72 Å². The van der Waals surface area contributed by atoms with Crippen molar-refractivity contribution in [3.05, 3.63) is 76.9 Å². The number of rotatable bonds is 5. The Morgan fingerprint density at radius 1 is 1.00 bits per heavy atom. The first kappa shape index (κ1) is 21.3. The quantitative estimate of drug-likeness (QED) is 0.420. The molecular formula is C18H11F4NO3S3. The van der Waals surface area contributed by atoms with Crippen LogP contribution in [0.1, 0.15) is 15.9 Å². The predicted molar refractivity (Wildman–Crippen MR) is 101 cm³/mol. The van der Waals surface area contributed by atoms with Gasteiger partial charge in [0.2, 0.25) is 9.84 Å². The number of thiophene rings is 1. The molecule has 0 spiro atoms. The molecule has 0 fully saturated rings. The van der Waals surface area contributed by atoms with E-state index < -0.39 is 38.9 Å². The average Bonchev–Trinajstić information content (AvgIpc) is 3.16. The van der Waals surface area contributed by atoms with Crippen LogP contribution in [0.5, 0.6) is 0 Å². The van der Waals surface area contributed by atoms with E-state index in [1.807, 2.05) is 0 Å². The number of halogens is 4. The Labute approximate surface area is 171 Å². The van der Waals surface area contributed by atoms with Crippen LogP contribution in [0, 0.1) is 5.82 Å². The zero-order valence-corrected chi connectivity index (χ0v) is 16.7. The maximum atomic E-state index is 13.9. The maximum absolute atomic E-state index is 13.9. The first-order chi connectivity index (χ1) is 13.6. The molecule has 1 N–H and O–H groups in total. The van der Waals surface area contributed by atoms with E-state index >= 15 is 0 Å². The second kappa shape index (κ2) is 8.17. The van der Waals surface area contributed by atoms with Gasteiger partial charge in [-0.1, -0.05) is 18.2 Å². The SMILES string of the molecule is O=C(NSc1cc(S(=O)(=O)c2ccccc2)cs1)c1ccc(C(F)(F)F)cc1F. The van der Waals surface area contributed by atoms with Crippen molar-refractivity contribution in [1.82, 2.24) is 4.72 Å². The number of benzene rings is 2. The normalized spacial score (nSPS) is 12.0. The van der Waals surface area contributed by atoms with E-state index in [1.54, 1.807) is 18.2 Å². The van der Waals surface area contributed by atoms with Crippen LogP contribution in [0.2, 0.25) is 0 Å². The number of carbonyl (C=O) groups is 1. The Morgan fingerprint density at radius 2 is 1.69 bits per heavy atom. The van der Waals surface area contributed by atoms with Crippen molar-refractivity contribution in [1.29, 1.82) is 0 Å². The summed E-state index contributed by atoms with van der Waals surface area (Å²) in [5, 5.41) is 1.40. The third-order valence-electron chi connectivity index (χ3n) is 3.70. The highest BCUT2D eigenvalue weighted by molar-refractivity contribution is 8.00. The fourth-order valence-corrected chi connectivity index (χ4v) is 5.56. The van der Waals surface area contributed by atoms with Crippen LogP contribution in [0.4, 0.5) is 17.6 Å². The second-order valence-corrected chi connectivity index (χ2v) is 9.61. The van der Waals surface area contributed by atoms with Crippen molar-refractivity contribution < 1.29 is 30.8 Å². The van der Waals surface area contributed by atoms with Crippen LogP contribution in [0.3, 0.4) is 0 Å². The Kier molecular flexibility index (Phi) is 6.01. The van der Waals surface area contributed by atoms with Crippen molar-refractivity contribution in [2.75, 3.05) is 0 Å². The largest absolute Gasteiger partial charge is 0.416 e. The van der Waals surface area contributed by atoms with Gasteiger partial charge in [0.1, 0.15) is 5.82 Å². The summed E-state index contributed by atoms with van der Waals surface area (Å²) in [6.07, 6.45) is -4.72. The van der Waals surface area contributed by atoms with E-state index in [0.717, 1.165) is 29.4 Å². The number of alkyl halides is 3. The molecule has 0 saturated carbocycles. The van der Waals surface area contributed by atoms with Gasteiger partial charge in [0, 0.05) is 5.38 Å². The lowest BCUT2D eigenvalue weighted by molar-refractivity contribution is -0.137. The Morgan fingerprint density at radius 3 is 2.31 bits per heavy atom. The van der Waals surface area contributed by atoms with Gasteiger partial charge in [0.15, 0.2) is 0 Å². The lowest BCUT2D eigenvalue weighted by atomic mass is 10.1. The summed E-state index contributed by atoms with van der Waals surface area (Å²) in [7, 11) is -3.72. The van der Waals surface area contributed by atoms with Gasteiger partial charge in [-0.05, 0) is 48.3 Å². The number of hydrogen-bond acceptors (Lipinski definition) is 5. The molecule has 0 saturated heterocycles. The zero-order valence-electron chi connectivity index (χ0n) is 14.2. The first-order valence-electron chi connectivity index (χ1n) is 7.81. The molecule has 0 atom stereocenters. The molecule has 3 rings (SSSR count). The number of nitrogens with one attached hydrogen (secondary N) is 1. The third kappa shape index (κ3) is 4.80. The van der Waals surface area contributed by atoms with Crippen molar-refractivity contribution in [3.8, 4) is 0 Å². The summed E-state index contributed by atoms with van der Waals surface area (Å²) in [4.78, 5) is 12.2. The molecule has 152 valence electrons. The number of hydrogen-bond donors (Lipinski definition) is 1. The summed E-state index contributed by atoms with van der Waals surface area (Å²) in [6, 6.07) is 10.7. The van der Waals surface area contributed by atoms with Crippen molar-refractivity contribution >= 4 is 39.0 Å². The number of amides is 1. The van der Waals surface area contributed by atoms with Crippen LogP contribution >= 0.6 is 23.3 Å². The van der Waals surface area contributed by atoms with Gasteiger partial charge in [-0.15, -0.1) is 11.3 Å². The predicted octanol–water partition coefficient (Wildman–Crippen LogP) is 5.18. The average molecular weight is 461 g/mol. The van der Waals surface area contributed by atoms with Gasteiger partial charge in [-0.3, -0.25) is 9.52 Å². The van der Waals surface area contributed by atoms with Crippen molar-refractivity contribution in [3.63, 3.8) is 0 Å². The van der Waals surface area contributed by atoms with Crippen LogP contribution in [-0.2, 0) is 16.0 Å². The fourth-order valence-electron chi connectivity index (χ4n) is 2.26. The lowest BCUT2D eigenvalue weighted by Gasteiger charge is -2.09. The molecule has 0 bridgehead atoms. The monoisotopic (exact) mass is 461 g/mol. The molecule has 2 aromatic carbocycles. The molecule has 0 aliphatic carbocycles. The van der Waals surface area contributed by atoms with Gasteiger partial charge < -0.3 is 0 Å². The minimum absolute atomic E-state index is 0.0335. The van der Waals surface area contributed by atoms with Crippen LogP contribution in [0.15, 0.2) is 74.0 Å². The minimum atomic E-state index is -4.72. The Hall–Kier alpha value is -2.37. The highest BCUT2D eigenvalue weighted by Gasteiger charge is 2.31. The third-order valence-corrected chi connectivity index (χ3v) is 7.47. The van der Waals surface area contributed by atoms with E-state index in [-0.39, 0.29) is 15.9 Å². The highest BCUT2D eigenvalue weighted by Crippen LogP contribution is 2.32. The van der Waals surface area contributed by atoms with Crippen molar-refractivity contribution in [2.24, 2.45) is 0 Å². The Balaban J connectivity index is 1.71. The van der Waals surface area contributed by atoms with Gasteiger partial charge in [0.25, 0.3) is 5.91 Å². The smallest absolute Gasteiger partial charge is 0.291 e. The first-order valence-corrected chi connectivity index (χ1v) is 11.0. The summed E-state index contributed by atoms with van der Waals surface area (Å²) in [5.41, 5.74) is -1.76. The second-order valence-electron chi connectivity index (χ2n) is 5.64. The summed E-state index contributed by atoms with van der Waals surface area (Å²) in [5.74, 6) is -2.25. The molecule has 1 amide bonds. The molecular weight excluding hydrogens is 450 g/mol. The molecule has 29 heavy (non-hydrogen) atoms. The van der Waals surface area contributed by atoms with Gasteiger partial charge in [-0.2, -0.15) is 13.2 Å². The van der Waals surface area contributed by atoms with E-state index in [1.165, 1.54) is 23.6 Å². The van der Waals surface area contributed by atoms with Crippen molar-refractivity contribution in [2.45, 2.75) is 20.2 Å². The van der Waals surface area contributed by atoms with Crippen LogP contribution in [-0.4, -0.2) is 14.3 Å². The molecule has 0 radical (unpaired) electrons. The number of carbonyl (C=O) groups excluding carboxylic acids is 1. The van der Waals surface area contributed by atoms with E-state index in [0.29, 0.717) is 10.3 Å². The molecule has 3 aromatic rings. The summed E-state index contributed by atoms with van der Waals surface area (Å²) in [6.45, 7) is 0. The molecule has 1 heterocycles. The standard InChI is InChI=1S/C18H11F4NO3S3/c19-15-8-11(18(20,21)22)6-7-14(15)17(24)23-28-16-9-13(10-27-16)29(25,26)12-4-2-1-3-5-12/h1-10H,(H,23,24). The zero-order chi connectivity index (χ0) is 21.2. The molecule has 1 aromatic heterocycles. The highest BCUT2D eigenvalue weighted by atomic mass is 32.2. The van der Waals surface area contributed by atoms with E-state index in [9.17, 15) is 30.8 Å². The molecule has 0 aliphatic rings. The van der Waals surface area contributed by atoms with Gasteiger partial charge >= 0.3 is 6.18 Å². The number of sulfone groups is 1. The topological polar surface area (TPSA) is 63.2 Å². The van der Waals surface area contributed by atoms with E-state index in [2.05, 4.69) is 4.72 Å². The van der Waals surface area contributed by atoms with Crippen LogP contribution in [0.25, 0.3) is 0 Å². The maximum Gasteiger partial charge on any atom is 0.416 e. The Bertz CT molecular complexity index is 1140. The summed E-state index contributed by atoms with van der Waals surface area (Å²) < 4.78 is 79.3. The molecule has 4 nitrogen and oxygen atoms in total. The lowest BCUT2D eigenvalue weighted by Crippen LogP contribution is -2.18. The minimum Gasteiger partial charge on any atom is -0.291 e. The molecule has 0 unspecified atom stereocenters. The summed E-state index contributed by atoms with van der Waals surface area (Å²) >= 11 is 1.78.